The molecule has 0 spiro atoms. The Morgan fingerprint density at radius 1 is 1.23 bits per heavy atom. The SMILES string of the molecule is CCC(C)(CC(C)(C)CON)OC. The van der Waals surface area contributed by atoms with E-state index in [2.05, 4.69) is 32.5 Å². The minimum atomic E-state index is -0.0674. The first kappa shape index (κ1) is 12.9. The van der Waals surface area contributed by atoms with E-state index in [1.807, 2.05) is 0 Å². The fourth-order valence-electron chi connectivity index (χ4n) is 1.63. The summed E-state index contributed by atoms with van der Waals surface area (Å²) < 4.78 is 5.47. The lowest BCUT2D eigenvalue weighted by Gasteiger charge is -2.35. The van der Waals surface area contributed by atoms with Crippen LogP contribution < -0.4 is 5.90 Å². The number of methoxy groups -OCH3 is 1. The summed E-state index contributed by atoms with van der Waals surface area (Å²) in [6, 6.07) is 0. The molecule has 1 unspecified atom stereocenters. The van der Waals surface area contributed by atoms with Crippen molar-refractivity contribution in [1.29, 1.82) is 0 Å². The van der Waals surface area contributed by atoms with Crippen LogP contribution in [-0.2, 0) is 9.57 Å². The van der Waals surface area contributed by atoms with Crippen LogP contribution >= 0.6 is 0 Å². The van der Waals surface area contributed by atoms with Crippen molar-refractivity contribution in [2.24, 2.45) is 11.3 Å². The molecule has 0 aliphatic heterocycles. The summed E-state index contributed by atoms with van der Waals surface area (Å²) in [5.74, 6) is 5.08. The first-order valence-corrected chi connectivity index (χ1v) is 4.76. The highest BCUT2D eigenvalue weighted by molar-refractivity contribution is 4.82. The molecular weight excluding hydrogens is 166 g/mol. The highest BCUT2D eigenvalue weighted by atomic mass is 16.6. The Hall–Kier alpha value is -0.120. The van der Waals surface area contributed by atoms with Crippen LogP contribution in [0.15, 0.2) is 0 Å². The van der Waals surface area contributed by atoms with E-state index in [4.69, 9.17) is 10.6 Å². The van der Waals surface area contributed by atoms with Gasteiger partial charge in [-0.2, -0.15) is 0 Å². The van der Waals surface area contributed by atoms with Gasteiger partial charge in [0, 0.05) is 7.11 Å². The Bertz CT molecular complexity index is 142. The molecule has 0 bridgehead atoms. The molecular formula is C10H23NO2. The van der Waals surface area contributed by atoms with Crippen molar-refractivity contribution >= 4 is 0 Å². The van der Waals surface area contributed by atoms with Crippen LogP contribution in [0.5, 0.6) is 0 Å². The van der Waals surface area contributed by atoms with Crippen LogP contribution in [0.25, 0.3) is 0 Å². The zero-order valence-electron chi connectivity index (χ0n) is 9.52. The van der Waals surface area contributed by atoms with Crippen LogP contribution in [-0.4, -0.2) is 19.3 Å². The zero-order chi connectivity index (χ0) is 10.5. The molecule has 0 aromatic rings. The van der Waals surface area contributed by atoms with Crippen molar-refractivity contribution < 1.29 is 9.57 Å². The molecule has 2 N–H and O–H groups in total. The molecule has 13 heavy (non-hydrogen) atoms. The molecule has 0 saturated heterocycles. The molecule has 3 nitrogen and oxygen atoms in total. The molecule has 3 heteroatoms. The number of ether oxygens (including phenoxy) is 1. The molecule has 0 radical (unpaired) electrons. The number of hydrogen-bond acceptors (Lipinski definition) is 3. The fourth-order valence-corrected chi connectivity index (χ4v) is 1.63. The van der Waals surface area contributed by atoms with E-state index < -0.39 is 0 Å². The van der Waals surface area contributed by atoms with Gasteiger partial charge >= 0.3 is 0 Å². The summed E-state index contributed by atoms with van der Waals surface area (Å²) in [5.41, 5.74) is -0.00243. The van der Waals surface area contributed by atoms with E-state index >= 15 is 0 Å². The summed E-state index contributed by atoms with van der Waals surface area (Å²) in [6.07, 6.45) is 1.95. The van der Waals surface area contributed by atoms with Gasteiger partial charge in [-0.15, -0.1) is 0 Å². The molecule has 0 amide bonds. The summed E-state index contributed by atoms with van der Waals surface area (Å²) in [6.45, 7) is 9.07. The minimum Gasteiger partial charge on any atom is -0.379 e. The average molecular weight is 189 g/mol. The van der Waals surface area contributed by atoms with Crippen molar-refractivity contribution in [3.8, 4) is 0 Å². The first-order valence-electron chi connectivity index (χ1n) is 4.76. The second kappa shape index (κ2) is 4.94. The second-order valence-electron chi connectivity index (χ2n) is 4.66. The average Bonchev–Trinajstić information content (AvgIpc) is 2.03. The Kier molecular flexibility index (Phi) is 4.89. The topological polar surface area (TPSA) is 44.5 Å². The third kappa shape index (κ3) is 4.60. The van der Waals surface area contributed by atoms with Crippen LogP contribution in [0.4, 0.5) is 0 Å². The van der Waals surface area contributed by atoms with Gasteiger partial charge in [0.2, 0.25) is 0 Å². The first-order chi connectivity index (χ1) is 5.89. The van der Waals surface area contributed by atoms with Gasteiger partial charge in [0.15, 0.2) is 0 Å². The van der Waals surface area contributed by atoms with E-state index in [1.54, 1.807) is 7.11 Å². The molecule has 80 valence electrons. The van der Waals surface area contributed by atoms with Crippen molar-refractivity contribution in [2.45, 2.75) is 46.1 Å². The molecule has 1 atom stereocenters. The third-order valence-electron chi connectivity index (χ3n) is 2.57. The molecule has 0 heterocycles. The van der Waals surface area contributed by atoms with E-state index in [1.165, 1.54) is 0 Å². The predicted molar refractivity (Wildman–Crippen MR) is 54.2 cm³/mol. The van der Waals surface area contributed by atoms with Crippen LogP contribution in [0.2, 0.25) is 0 Å². The lowest BCUT2D eigenvalue weighted by atomic mass is 9.80. The molecule has 0 aromatic heterocycles. The van der Waals surface area contributed by atoms with Gasteiger partial charge in [-0.3, -0.25) is 0 Å². The van der Waals surface area contributed by atoms with Gasteiger partial charge in [0.1, 0.15) is 0 Å². The van der Waals surface area contributed by atoms with Crippen LogP contribution in [0, 0.1) is 5.41 Å². The van der Waals surface area contributed by atoms with Crippen LogP contribution in [0.3, 0.4) is 0 Å². The zero-order valence-corrected chi connectivity index (χ0v) is 9.52. The van der Waals surface area contributed by atoms with E-state index in [9.17, 15) is 0 Å². The number of hydrogen-bond donors (Lipinski definition) is 1. The fraction of sp³-hybridized carbons (Fsp3) is 1.00. The summed E-state index contributed by atoms with van der Waals surface area (Å²) in [7, 11) is 1.75. The van der Waals surface area contributed by atoms with Gasteiger partial charge in [0.25, 0.3) is 0 Å². The van der Waals surface area contributed by atoms with Gasteiger partial charge in [-0.05, 0) is 25.2 Å². The lowest BCUT2D eigenvalue weighted by molar-refractivity contribution is -0.0514. The summed E-state index contributed by atoms with van der Waals surface area (Å²) in [4.78, 5) is 4.69. The van der Waals surface area contributed by atoms with Crippen LogP contribution in [0.1, 0.15) is 40.5 Å². The Balaban J connectivity index is 4.21. The normalized spacial score (nSPS) is 17.1. The molecule has 0 saturated carbocycles. The van der Waals surface area contributed by atoms with Gasteiger partial charge in [0.05, 0.1) is 12.2 Å². The Labute approximate surface area is 81.5 Å². The van der Waals surface area contributed by atoms with Crippen molar-refractivity contribution in [3.63, 3.8) is 0 Å². The maximum absolute atomic E-state index is 5.47. The Morgan fingerprint density at radius 3 is 2.08 bits per heavy atom. The smallest absolute Gasteiger partial charge is 0.0731 e. The van der Waals surface area contributed by atoms with E-state index in [0.29, 0.717) is 6.61 Å². The second-order valence-corrected chi connectivity index (χ2v) is 4.66. The molecule has 0 fully saturated rings. The standard InChI is InChI=1S/C10H23NO2/c1-6-10(4,12-5)7-9(2,3)8-13-11/h6-8,11H2,1-5H3. The van der Waals surface area contributed by atoms with E-state index in [0.717, 1.165) is 12.8 Å². The van der Waals surface area contributed by atoms with Crippen molar-refractivity contribution in [1.82, 2.24) is 0 Å². The maximum Gasteiger partial charge on any atom is 0.0731 e. The number of rotatable bonds is 6. The minimum absolute atomic E-state index is 0.0650. The lowest BCUT2D eigenvalue weighted by Crippen LogP contribution is -2.35. The van der Waals surface area contributed by atoms with Crippen molar-refractivity contribution in [2.75, 3.05) is 13.7 Å². The largest absolute Gasteiger partial charge is 0.379 e. The van der Waals surface area contributed by atoms with Gasteiger partial charge in [-0.1, -0.05) is 20.8 Å². The van der Waals surface area contributed by atoms with Gasteiger partial charge in [-0.25, -0.2) is 5.90 Å². The molecule has 0 aliphatic carbocycles. The summed E-state index contributed by atoms with van der Waals surface area (Å²) >= 11 is 0. The van der Waals surface area contributed by atoms with Crippen molar-refractivity contribution in [3.05, 3.63) is 0 Å². The van der Waals surface area contributed by atoms with Gasteiger partial charge < -0.3 is 9.57 Å². The monoisotopic (exact) mass is 189 g/mol. The number of nitrogens with two attached hydrogens (primary N) is 1. The van der Waals surface area contributed by atoms with E-state index in [-0.39, 0.29) is 11.0 Å². The summed E-state index contributed by atoms with van der Waals surface area (Å²) in [5, 5.41) is 0. The predicted octanol–water partition coefficient (Wildman–Crippen LogP) is 2.11. The third-order valence-corrected chi connectivity index (χ3v) is 2.57. The quantitative estimate of drug-likeness (QED) is 0.651. The molecule has 0 rings (SSSR count). The Morgan fingerprint density at radius 2 is 1.77 bits per heavy atom. The highest BCUT2D eigenvalue weighted by Crippen LogP contribution is 2.32. The molecule has 0 aromatic carbocycles. The maximum atomic E-state index is 5.47. The molecule has 0 aliphatic rings. The highest BCUT2D eigenvalue weighted by Gasteiger charge is 2.31.